The molecule has 1 aromatic rings. The van der Waals surface area contributed by atoms with Gasteiger partial charge in [0.05, 0.1) is 10.0 Å². The van der Waals surface area contributed by atoms with Gasteiger partial charge in [-0.25, -0.2) is 0 Å². The van der Waals surface area contributed by atoms with Crippen LogP contribution in [0.25, 0.3) is 0 Å². The third-order valence-corrected chi connectivity index (χ3v) is 5.40. The lowest BCUT2D eigenvalue weighted by atomic mass is 10.1. The third kappa shape index (κ3) is 4.60. The van der Waals surface area contributed by atoms with E-state index in [1.807, 2.05) is 12.1 Å². The molecule has 0 radical (unpaired) electrons. The Hall–Kier alpha value is -0.810. The van der Waals surface area contributed by atoms with E-state index in [2.05, 4.69) is 15.5 Å². The summed E-state index contributed by atoms with van der Waals surface area (Å²) in [5, 5.41) is 7.54. The van der Waals surface area contributed by atoms with E-state index in [-0.39, 0.29) is 17.7 Å². The predicted molar refractivity (Wildman–Crippen MR) is 94.2 cm³/mol. The van der Waals surface area contributed by atoms with Gasteiger partial charge in [0.15, 0.2) is 0 Å². The van der Waals surface area contributed by atoms with Crippen molar-refractivity contribution in [1.29, 1.82) is 0 Å². The fourth-order valence-electron chi connectivity index (χ4n) is 3.18. The Morgan fingerprint density at radius 3 is 2.78 bits per heavy atom. The van der Waals surface area contributed by atoms with Crippen LogP contribution in [-0.2, 0) is 4.79 Å². The van der Waals surface area contributed by atoms with Gasteiger partial charge in [-0.1, -0.05) is 29.3 Å². The number of halogens is 2. The van der Waals surface area contributed by atoms with Crippen molar-refractivity contribution in [3.8, 4) is 0 Å². The van der Waals surface area contributed by atoms with E-state index in [0.717, 1.165) is 57.7 Å². The summed E-state index contributed by atoms with van der Waals surface area (Å²) in [6.07, 6.45) is 1.91. The molecule has 1 aliphatic heterocycles. The average Bonchev–Trinajstić information content (AvgIpc) is 3.36. The van der Waals surface area contributed by atoms with Gasteiger partial charge in [-0.2, -0.15) is 0 Å². The second-order valence-corrected chi connectivity index (χ2v) is 7.17. The van der Waals surface area contributed by atoms with Crippen molar-refractivity contribution in [2.45, 2.75) is 18.8 Å². The lowest BCUT2D eigenvalue weighted by Crippen LogP contribution is -2.44. The van der Waals surface area contributed by atoms with Gasteiger partial charge in [0.25, 0.3) is 0 Å². The van der Waals surface area contributed by atoms with Crippen LogP contribution in [0.3, 0.4) is 0 Å². The molecule has 1 heterocycles. The Morgan fingerprint density at radius 1 is 1.26 bits per heavy atom. The molecule has 2 fully saturated rings. The highest BCUT2D eigenvalue weighted by Crippen LogP contribution is 2.48. The van der Waals surface area contributed by atoms with Gasteiger partial charge in [0, 0.05) is 38.6 Å². The molecule has 126 valence electrons. The number of hydrogen-bond acceptors (Lipinski definition) is 3. The van der Waals surface area contributed by atoms with E-state index in [9.17, 15) is 4.79 Å². The molecule has 1 saturated carbocycles. The monoisotopic (exact) mass is 355 g/mol. The lowest BCUT2D eigenvalue weighted by Gasteiger charge is -2.27. The Morgan fingerprint density at radius 2 is 2.04 bits per heavy atom. The molecule has 2 N–H and O–H groups in total. The zero-order valence-corrected chi connectivity index (χ0v) is 14.7. The average molecular weight is 356 g/mol. The summed E-state index contributed by atoms with van der Waals surface area (Å²) in [5.74, 6) is 0.547. The van der Waals surface area contributed by atoms with Crippen LogP contribution in [0, 0.1) is 5.92 Å². The van der Waals surface area contributed by atoms with Crippen molar-refractivity contribution >= 4 is 29.1 Å². The number of piperazine rings is 1. The molecular formula is C17H23Cl2N3O. The Kier molecular flexibility index (Phi) is 5.81. The van der Waals surface area contributed by atoms with Crippen LogP contribution in [0.1, 0.15) is 24.3 Å². The molecule has 0 spiro atoms. The fourth-order valence-corrected chi connectivity index (χ4v) is 3.48. The molecule has 1 saturated heterocycles. The van der Waals surface area contributed by atoms with Crippen LogP contribution in [0.4, 0.5) is 0 Å². The molecule has 3 rings (SSSR count). The molecule has 2 atom stereocenters. The van der Waals surface area contributed by atoms with E-state index >= 15 is 0 Å². The topological polar surface area (TPSA) is 44.4 Å². The Labute approximate surface area is 147 Å². The van der Waals surface area contributed by atoms with Gasteiger partial charge < -0.3 is 15.5 Å². The number of benzene rings is 1. The first kappa shape index (κ1) is 17.0. The van der Waals surface area contributed by atoms with Crippen LogP contribution >= 0.6 is 23.2 Å². The number of hydrogen-bond donors (Lipinski definition) is 2. The minimum Gasteiger partial charge on any atom is -0.356 e. The van der Waals surface area contributed by atoms with E-state index in [1.165, 1.54) is 0 Å². The van der Waals surface area contributed by atoms with Crippen molar-refractivity contribution in [2.75, 3.05) is 39.3 Å². The maximum Gasteiger partial charge on any atom is 0.223 e. The summed E-state index contributed by atoms with van der Waals surface area (Å²) in [6.45, 7) is 6.17. The molecule has 1 aromatic carbocycles. The van der Waals surface area contributed by atoms with Crippen LogP contribution < -0.4 is 10.6 Å². The summed E-state index contributed by atoms with van der Waals surface area (Å²) in [5.41, 5.74) is 1.11. The van der Waals surface area contributed by atoms with Gasteiger partial charge in [-0.05, 0) is 43.0 Å². The van der Waals surface area contributed by atoms with Crippen LogP contribution in [0.15, 0.2) is 18.2 Å². The SMILES string of the molecule is O=C(NCCCN1CCNCC1)C1CC1c1ccc(Cl)c(Cl)c1. The lowest BCUT2D eigenvalue weighted by molar-refractivity contribution is -0.122. The van der Waals surface area contributed by atoms with Gasteiger partial charge in [0.2, 0.25) is 5.91 Å². The summed E-state index contributed by atoms with van der Waals surface area (Å²) in [4.78, 5) is 14.6. The first-order chi connectivity index (χ1) is 11.1. The molecule has 2 aliphatic rings. The van der Waals surface area contributed by atoms with Crippen LogP contribution in [0.2, 0.25) is 10.0 Å². The molecule has 1 amide bonds. The second kappa shape index (κ2) is 7.84. The molecule has 23 heavy (non-hydrogen) atoms. The second-order valence-electron chi connectivity index (χ2n) is 6.36. The van der Waals surface area contributed by atoms with Crippen molar-refractivity contribution in [2.24, 2.45) is 5.92 Å². The van der Waals surface area contributed by atoms with Crippen LogP contribution in [0.5, 0.6) is 0 Å². The quantitative estimate of drug-likeness (QED) is 0.770. The zero-order chi connectivity index (χ0) is 16.2. The van der Waals surface area contributed by atoms with Crippen molar-refractivity contribution < 1.29 is 4.79 Å². The van der Waals surface area contributed by atoms with E-state index in [4.69, 9.17) is 23.2 Å². The fraction of sp³-hybridized carbons (Fsp3) is 0.588. The van der Waals surface area contributed by atoms with Crippen molar-refractivity contribution in [1.82, 2.24) is 15.5 Å². The maximum atomic E-state index is 12.2. The predicted octanol–water partition coefficient (Wildman–Crippen LogP) is 2.51. The normalized spacial score (nSPS) is 24.4. The zero-order valence-electron chi connectivity index (χ0n) is 13.2. The molecular weight excluding hydrogens is 333 g/mol. The number of nitrogens with one attached hydrogen (secondary N) is 2. The summed E-state index contributed by atoms with van der Waals surface area (Å²) >= 11 is 12.0. The number of nitrogens with zero attached hydrogens (tertiary/aromatic N) is 1. The van der Waals surface area contributed by atoms with Gasteiger partial charge in [0.1, 0.15) is 0 Å². The summed E-state index contributed by atoms with van der Waals surface area (Å²) in [6, 6.07) is 5.66. The maximum absolute atomic E-state index is 12.2. The standard InChI is InChI=1S/C17H23Cl2N3O/c18-15-3-2-12(10-16(15)19)13-11-14(13)17(23)21-4-1-7-22-8-5-20-6-9-22/h2-3,10,13-14,20H,1,4-9,11H2,(H,21,23). The number of amides is 1. The first-order valence-electron chi connectivity index (χ1n) is 8.31. The molecule has 0 aromatic heterocycles. The Balaban J connectivity index is 1.37. The molecule has 4 nitrogen and oxygen atoms in total. The number of carbonyl (C=O) groups excluding carboxylic acids is 1. The highest BCUT2D eigenvalue weighted by Gasteiger charge is 2.43. The minimum absolute atomic E-state index is 0.0893. The number of carbonyl (C=O) groups is 1. The van der Waals surface area contributed by atoms with Crippen LogP contribution in [-0.4, -0.2) is 50.1 Å². The molecule has 6 heteroatoms. The highest BCUT2D eigenvalue weighted by molar-refractivity contribution is 6.42. The largest absolute Gasteiger partial charge is 0.356 e. The highest BCUT2D eigenvalue weighted by atomic mass is 35.5. The minimum atomic E-state index is 0.0893. The van der Waals surface area contributed by atoms with E-state index in [1.54, 1.807) is 6.07 Å². The third-order valence-electron chi connectivity index (χ3n) is 4.66. The van der Waals surface area contributed by atoms with Crippen molar-refractivity contribution in [3.63, 3.8) is 0 Å². The van der Waals surface area contributed by atoms with Gasteiger partial charge >= 0.3 is 0 Å². The van der Waals surface area contributed by atoms with Gasteiger partial charge in [-0.15, -0.1) is 0 Å². The van der Waals surface area contributed by atoms with Gasteiger partial charge in [-0.3, -0.25) is 4.79 Å². The molecule has 2 unspecified atom stereocenters. The summed E-state index contributed by atoms with van der Waals surface area (Å²) < 4.78 is 0. The first-order valence-corrected chi connectivity index (χ1v) is 9.06. The van der Waals surface area contributed by atoms with Crippen molar-refractivity contribution in [3.05, 3.63) is 33.8 Å². The number of rotatable bonds is 6. The van der Waals surface area contributed by atoms with E-state index in [0.29, 0.717) is 10.0 Å². The smallest absolute Gasteiger partial charge is 0.223 e. The molecule has 0 bridgehead atoms. The molecule has 1 aliphatic carbocycles. The Bertz CT molecular complexity index is 561. The van der Waals surface area contributed by atoms with E-state index < -0.39 is 0 Å². The summed E-state index contributed by atoms with van der Waals surface area (Å²) in [7, 11) is 0.